The van der Waals surface area contributed by atoms with Crippen LogP contribution in [0.15, 0.2) is 18.2 Å². The maximum atomic E-state index is 10.4. The van der Waals surface area contributed by atoms with Crippen LogP contribution in [0.2, 0.25) is 0 Å². The van der Waals surface area contributed by atoms with Gasteiger partial charge in [0.25, 0.3) is 0 Å². The predicted molar refractivity (Wildman–Crippen MR) is 65.7 cm³/mol. The maximum Gasteiger partial charge on any atom is 0.303 e. The molecule has 0 bridgehead atoms. The second-order valence-electron chi connectivity index (χ2n) is 4.40. The van der Waals surface area contributed by atoms with Crippen LogP contribution in [0.3, 0.4) is 0 Å². The first-order chi connectivity index (χ1) is 7.91. The number of aliphatic carboxylic acids is 1. The van der Waals surface area contributed by atoms with Gasteiger partial charge in [0.15, 0.2) is 0 Å². The highest BCUT2D eigenvalue weighted by Gasteiger charge is 2.19. The fraction of sp³-hybridized carbons (Fsp3) is 0.462. The van der Waals surface area contributed by atoms with E-state index >= 15 is 0 Å². The number of rotatable bonds is 5. The highest BCUT2D eigenvalue weighted by molar-refractivity contribution is 5.66. The number of carboxylic acids is 1. The molecule has 17 heavy (non-hydrogen) atoms. The monoisotopic (exact) mass is 237 g/mol. The van der Waals surface area contributed by atoms with Crippen molar-refractivity contribution in [2.24, 2.45) is 5.73 Å². The summed E-state index contributed by atoms with van der Waals surface area (Å²) in [5.74, 6) is -0.895. The Morgan fingerprint density at radius 1 is 1.41 bits per heavy atom. The summed E-state index contributed by atoms with van der Waals surface area (Å²) >= 11 is 0. The number of benzene rings is 1. The number of aryl methyl sites for hydroxylation is 2. The molecule has 0 fully saturated rings. The minimum atomic E-state index is -0.895. The van der Waals surface area contributed by atoms with E-state index in [1.165, 1.54) is 0 Å². The predicted octanol–water partition coefficient (Wildman–Crippen LogP) is 1.53. The van der Waals surface area contributed by atoms with E-state index in [1.807, 2.05) is 32.0 Å². The lowest BCUT2D eigenvalue weighted by molar-refractivity contribution is -0.137. The lowest BCUT2D eigenvalue weighted by atomic mass is 9.94. The van der Waals surface area contributed by atoms with Crippen LogP contribution in [-0.2, 0) is 4.79 Å². The Bertz CT molecular complexity index is 404. The van der Waals surface area contributed by atoms with Crippen molar-refractivity contribution in [2.75, 3.05) is 0 Å². The van der Waals surface area contributed by atoms with E-state index in [2.05, 4.69) is 0 Å². The molecule has 0 amide bonds. The average Bonchev–Trinajstić information content (AvgIpc) is 2.25. The van der Waals surface area contributed by atoms with Crippen molar-refractivity contribution in [1.29, 1.82) is 0 Å². The van der Waals surface area contributed by atoms with Crippen LogP contribution in [-0.4, -0.2) is 22.2 Å². The Hall–Kier alpha value is -1.39. The lowest BCUT2D eigenvalue weighted by Crippen LogP contribution is -2.29. The van der Waals surface area contributed by atoms with E-state index < -0.39 is 18.1 Å². The van der Waals surface area contributed by atoms with Gasteiger partial charge in [0.2, 0.25) is 0 Å². The van der Waals surface area contributed by atoms with Gasteiger partial charge in [0.05, 0.1) is 6.10 Å². The van der Waals surface area contributed by atoms with Crippen LogP contribution in [0, 0.1) is 13.8 Å². The van der Waals surface area contributed by atoms with Crippen molar-refractivity contribution in [3.63, 3.8) is 0 Å². The van der Waals surface area contributed by atoms with Crippen molar-refractivity contribution < 1.29 is 15.0 Å². The molecule has 2 atom stereocenters. The molecule has 0 aliphatic rings. The summed E-state index contributed by atoms with van der Waals surface area (Å²) in [6, 6.07) is 5.18. The summed E-state index contributed by atoms with van der Waals surface area (Å²) in [6.07, 6.45) is -0.567. The average molecular weight is 237 g/mol. The van der Waals surface area contributed by atoms with Gasteiger partial charge in [0.1, 0.15) is 0 Å². The third-order valence-electron chi connectivity index (χ3n) is 2.84. The number of aliphatic hydroxyl groups is 1. The van der Waals surface area contributed by atoms with Gasteiger partial charge in [-0.3, -0.25) is 4.79 Å². The Kier molecular flexibility index (Phi) is 4.66. The molecule has 0 saturated heterocycles. The highest BCUT2D eigenvalue weighted by atomic mass is 16.4. The smallest absolute Gasteiger partial charge is 0.303 e. The summed E-state index contributed by atoms with van der Waals surface area (Å²) < 4.78 is 0. The SMILES string of the molecule is Cc1ccc(C(O)C(N)CCC(=O)O)c(C)c1. The molecule has 0 heterocycles. The second-order valence-corrected chi connectivity index (χ2v) is 4.40. The van der Waals surface area contributed by atoms with Gasteiger partial charge in [0, 0.05) is 12.5 Å². The van der Waals surface area contributed by atoms with Gasteiger partial charge >= 0.3 is 5.97 Å². The van der Waals surface area contributed by atoms with Crippen molar-refractivity contribution in [3.05, 3.63) is 34.9 Å². The van der Waals surface area contributed by atoms with Crippen LogP contribution in [0.1, 0.15) is 35.6 Å². The molecule has 2 unspecified atom stereocenters. The Labute approximate surface area is 101 Å². The third kappa shape index (κ3) is 3.84. The van der Waals surface area contributed by atoms with Gasteiger partial charge in [-0.05, 0) is 31.4 Å². The van der Waals surface area contributed by atoms with E-state index in [4.69, 9.17) is 10.8 Å². The normalized spacial score (nSPS) is 14.4. The van der Waals surface area contributed by atoms with Gasteiger partial charge in [-0.25, -0.2) is 0 Å². The summed E-state index contributed by atoms with van der Waals surface area (Å²) in [4.78, 5) is 10.4. The molecule has 0 saturated carbocycles. The first-order valence-corrected chi connectivity index (χ1v) is 5.64. The van der Waals surface area contributed by atoms with Crippen LogP contribution in [0.4, 0.5) is 0 Å². The van der Waals surface area contributed by atoms with E-state index in [1.54, 1.807) is 0 Å². The molecule has 94 valence electrons. The van der Waals surface area contributed by atoms with Crippen molar-refractivity contribution in [3.8, 4) is 0 Å². The molecule has 0 spiro atoms. The first-order valence-electron chi connectivity index (χ1n) is 5.64. The van der Waals surface area contributed by atoms with Crippen molar-refractivity contribution in [2.45, 2.75) is 38.8 Å². The molecule has 4 nitrogen and oxygen atoms in total. The minimum absolute atomic E-state index is 0.0247. The number of hydrogen-bond donors (Lipinski definition) is 3. The summed E-state index contributed by atoms with van der Waals surface area (Å²) in [7, 11) is 0. The molecule has 1 rings (SSSR count). The topological polar surface area (TPSA) is 83.5 Å². The highest BCUT2D eigenvalue weighted by Crippen LogP contribution is 2.22. The number of carbonyl (C=O) groups is 1. The number of hydrogen-bond acceptors (Lipinski definition) is 3. The quantitative estimate of drug-likeness (QED) is 0.725. The molecule has 0 radical (unpaired) electrons. The minimum Gasteiger partial charge on any atom is -0.481 e. The maximum absolute atomic E-state index is 10.4. The van der Waals surface area contributed by atoms with Gasteiger partial charge in [-0.15, -0.1) is 0 Å². The zero-order valence-corrected chi connectivity index (χ0v) is 10.2. The lowest BCUT2D eigenvalue weighted by Gasteiger charge is -2.20. The molecule has 1 aromatic carbocycles. The summed E-state index contributed by atoms with van der Waals surface area (Å²) in [5, 5.41) is 18.6. The Balaban J connectivity index is 2.74. The fourth-order valence-corrected chi connectivity index (χ4v) is 1.84. The molecular formula is C13H19NO3. The summed E-state index contributed by atoms with van der Waals surface area (Å²) in [6.45, 7) is 3.89. The number of nitrogens with two attached hydrogens (primary N) is 1. The van der Waals surface area contributed by atoms with E-state index in [9.17, 15) is 9.90 Å². The molecular weight excluding hydrogens is 218 g/mol. The molecule has 0 aliphatic carbocycles. The second kappa shape index (κ2) is 5.80. The summed E-state index contributed by atoms with van der Waals surface area (Å²) in [5.41, 5.74) is 8.66. The standard InChI is InChI=1S/C13H19NO3/c1-8-3-4-10(9(2)7-8)13(17)11(14)5-6-12(15)16/h3-4,7,11,13,17H,5-6,14H2,1-2H3,(H,15,16). The zero-order valence-electron chi connectivity index (χ0n) is 10.2. The van der Waals surface area contributed by atoms with E-state index in [-0.39, 0.29) is 12.8 Å². The fourth-order valence-electron chi connectivity index (χ4n) is 1.84. The Morgan fingerprint density at radius 2 is 2.06 bits per heavy atom. The molecule has 1 aromatic rings. The zero-order chi connectivity index (χ0) is 13.0. The first kappa shape index (κ1) is 13.7. The molecule has 4 heteroatoms. The largest absolute Gasteiger partial charge is 0.481 e. The number of carboxylic acid groups (broad SMARTS) is 1. The van der Waals surface area contributed by atoms with Crippen molar-refractivity contribution in [1.82, 2.24) is 0 Å². The third-order valence-corrected chi connectivity index (χ3v) is 2.84. The van der Waals surface area contributed by atoms with E-state index in [0.717, 1.165) is 16.7 Å². The van der Waals surface area contributed by atoms with Crippen molar-refractivity contribution >= 4 is 5.97 Å². The van der Waals surface area contributed by atoms with Gasteiger partial charge in [-0.1, -0.05) is 23.8 Å². The molecule has 4 N–H and O–H groups in total. The molecule has 0 aromatic heterocycles. The Morgan fingerprint density at radius 3 is 2.59 bits per heavy atom. The van der Waals surface area contributed by atoms with Crippen LogP contribution < -0.4 is 5.73 Å². The van der Waals surface area contributed by atoms with Gasteiger partial charge < -0.3 is 15.9 Å². The van der Waals surface area contributed by atoms with Crippen LogP contribution in [0.5, 0.6) is 0 Å². The van der Waals surface area contributed by atoms with Crippen LogP contribution in [0.25, 0.3) is 0 Å². The van der Waals surface area contributed by atoms with Gasteiger partial charge in [-0.2, -0.15) is 0 Å². The molecule has 0 aliphatic heterocycles. The van der Waals surface area contributed by atoms with E-state index in [0.29, 0.717) is 0 Å². The van der Waals surface area contributed by atoms with Crippen LogP contribution >= 0.6 is 0 Å². The number of aliphatic hydroxyl groups excluding tert-OH is 1.